The second-order valence-electron chi connectivity index (χ2n) is 2.21. The molecule has 0 bridgehead atoms. The van der Waals surface area contributed by atoms with E-state index in [2.05, 4.69) is 10.5 Å². The first-order chi connectivity index (χ1) is 4.88. The lowest BCUT2D eigenvalue weighted by molar-refractivity contribution is -0.116. The van der Waals surface area contributed by atoms with E-state index in [0.29, 0.717) is 5.57 Å². The lowest BCUT2D eigenvalue weighted by Crippen LogP contribution is -2.13. The van der Waals surface area contributed by atoms with Gasteiger partial charge in [-0.25, -0.2) is 5.43 Å². The molecule has 1 aliphatic carbocycles. The maximum atomic E-state index is 10.9. The van der Waals surface area contributed by atoms with Gasteiger partial charge >= 0.3 is 0 Å². The number of allylic oxidation sites excluding steroid dienone is 3. The maximum absolute atomic E-state index is 10.9. The summed E-state index contributed by atoms with van der Waals surface area (Å²) in [6.45, 7) is 0. The molecule has 3 heteroatoms. The summed E-state index contributed by atoms with van der Waals surface area (Å²) in [7, 11) is 0. The average molecular weight is 134 g/mol. The molecule has 1 N–H and O–H groups in total. The smallest absolute Gasteiger partial charge is 0.267 e. The lowest BCUT2D eigenvalue weighted by Gasteiger charge is -1.98. The standard InChI is InChI=1S/C7H6N2O/c10-7-5-3-1-2-4-6(5)8-9-7/h1-3H,4H2,(H,9,10). The van der Waals surface area contributed by atoms with E-state index >= 15 is 0 Å². The van der Waals surface area contributed by atoms with E-state index in [1.165, 1.54) is 0 Å². The average Bonchev–Trinajstić information content (AvgIpc) is 2.34. The van der Waals surface area contributed by atoms with Crippen molar-refractivity contribution < 1.29 is 4.79 Å². The van der Waals surface area contributed by atoms with Crippen LogP contribution < -0.4 is 5.43 Å². The summed E-state index contributed by atoms with van der Waals surface area (Å²) in [4.78, 5) is 10.9. The Morgan fingerprint density at radius 3 is 3.30 bits per heavy atom. The van der Waals surface area contributed by atoms with Gasteiger partial charge in [0.2, 0.25) is 0 Å². The highest BCUT2D eigenvalue weighted by atomic mass is 16.2. The highest BCUT2D eigenvalue weighted by molar-refractivity contribution is 6.25. The molecule has 0 saturated heterocycles. The molecule has 0 aromatic rings. The molecular formula is C7H6N2O. The third-order valence-corrected chi connectivity index (χ3v) is 1.56. The van der Waals surface area contributed by atoms with Gasteiger partial charge in [-0.15, -0.1) is 0 Å². The van der Waals surface area contributed by atoms with Crippen molar-refractivity contribution in [3.63, 3.8) is 0 Å². The van der Waals surface area contributed by atoms with Crippen LogP contribution in [0.1, 0.15) is 6.42 Å². The monoisotopic (exact) mass is 134 g/mol. The summed E-state index contributed by atoms with van der Waals surface area (Å²) in [5.41, 5.74) is 3.97. The molecule has 0 unspecified atom stereocenters. The molecule has 50 valence electrons. The summed E-state index contributed by atoms with van der Waals surface area (Å²) in [6, 6.07) is 0. The molecule has 0 radical (unpaired) electrons. The number of nitrogens with zero attached hydrogens (tertiary/aromatic N) is 1. The van der Waals surface area contributed by atoms with Crippen molar-refractivity contribution in [1.29, 1.82) is 0 Å². The molecule has 0 fully saturated rings. The van der Waals surface area contributed by atoms with Gasteiger partial charge in [0.05, 0.1) is 11.3 Å². The molecule has 0 aromatic heterocycles. The van der Waals surface area contributed by atoms with E-state index in [-0.39, 0.29) is 5.91 Å². The number of hydrogen-bond acceptors (Lipinski definition) is 2. The first-order valence-corrected chi connectivity index (χ1v) is 3.12. The zero-order valence-corrected chi connectivity index (χ0v) is 5.29. The van der Waals surface area contributed by atoms with Crippen LogP contribution in [0.15, 0.2) is 28.9 Å². The summed E-state index contributed by atoms with van der Waals surface area (Å²) in [5.74, 6) is -0.0839. The van der Waals surface area contributed by atoms with Gasteiger partial charge in [0.1, 0.15) is 0 Å². The normalized spacial score (nSPS) is 21.4. The lowest BCUT2D eigenvalue weighted by atomic mass is 10.0. The van der Waals surface area contributed by atoms with Crippen LogP contribution in [0.5, 0.6) is 0 Å². The molecule has 0 spiro atoms. The Hall–Kier alpha value is -1.38. The van der Waals surface area contributed by atoms with Crippen LogP contribution in [-0.2, 0) is 4.79 Å². The minimum Gasteiger partial charge on any atom is -0.267 e. The molecule has 2 rings (SSSR count). The number of hydrazone groups is 1. The Bertz CT molecular complexity index is 273. The largest absolute Gasteiger partial charge is 0.273 e. The minimum atomic E-state index is -0.0839. The number of rotatable bonds is 0. The molecule has 10 heavy (non-hydrogen) atoms. The maximum Gasteiger partial charge on any atom is 0.273 e. The van der Waals surface area contributed by atoms with Gasteiger partial charge in [0, 0.05) is 6.42 Å². The number of amides is 1. The van der Waals surface area contributed by atoms with Crippen LogP contribution in [0.25, 0.3) is 0 Å². The molecule has 3 nitrogen and oxygen atoms in total. The van der Waals surface area contributed by atoms with E-state index in [0.717, 1.165) is 12.1 Å². The number of fused-ring (bicyclic) bond motifs is 1. The fraction of sp³-hybridized carbons (Fsp3) is 0.143. The Balaban J connectivity index is 2.46. The number of nitrogens with one attached hydrogen (secondary N) is 1. The van der Waals surface area contributed by atoms with E-state index in [1.807, 2.05) is 12.2 Å². The van der Waals surface area contributed by atoms with Crippen LogP contribution in [-0.4, -0.2) is 11.6 Å². The van der Waals surface area contributed by atoms with Crippen molar-refractivity contribution in [2.45, 2.75) is 6.42 Å². The Morgan fingerprint density at radius 2 is 2.50 bits per heavy atom. The third kappa shape index (κ3) is 0.603. The van der Waals surface area contributed by atoms with E-state index in [9.17, 15) is 4.79 Å². The van der Waals surface area contributed by atoms with Gasteiger partial charge in [-0.2, -0.15) is 5.10 Å². The minimum absolute atomic E-state index is 0.0839. The SMILES string of the molecule is O=C1NN=C2CC=CC=C12. The van der Waals surface area contributed by atoms with Gasteiger partial charge in [-0.3, -0.25) is 4.79 Å². The van der Waals surface area contributed by atoms with Crippen molar-refractivity contribution in [3.05, 3.63) is 23.8 Å². The van der Waals surface area contributed by atoms with Crippen LogP contribution >= 0.6 is 0 Å². The Labute approximate surface area is 58.1 Å². The fourth-order valence-corrected chi connectivity index (χ4v) is 1.04. The summed E-state index contributed by atoms with van der Waals surface area (Å²) in [6.07, 6.45) is 6.40. The molecule has 2 aliphatic rings. The second kappa shape index (κ2) is 1.80. The van der Waals surface area contributed by atoms with E-state index in [1.54, 1.807) is 6.08 Å². The molecule has 0 saturated carbocycles. The van der Waals surface area contributed by atoms with Gasteiger partial charge in [0.25, 0.3) is 5.91 Å². The highest BCUT2D eigenvalue weighted by Crippen LogP contribution is 2.13. The highest BCUT2D eigenvalue weighted by Gasteiger charge is 2.21. The zero-order chi connectivity index (χ0) is 6.97. The Morgan fingerprint density at radius 1 is 1.60 bits per heavy atom. The molecule has 1 aliphatic heterocycles. The molecular weight excluding hydrogens is 128 g/mol. The van der Waals surface area contributed by atoms with Gasteiger partial charge in [0.15, 0.2) is 0 Å². The molecule has 0 aromatic carbocycles. The van der Waals surface area contributed by atoms with Gasteiger partial charge in [-0.1, -0.05) is 12.2 Å². The fourth-order valence-electron chi connectivity index (χ4n) is 1.04. The quantitative estimate of drug-likeness (QED) is 0.510. The zero-order valence-electron chi connectivity index (χ0n) is 5.29. The van der Waals surface area contributed by atoms with Gasteiger partial charge in [-0.05, 0) is 6.08 Å². The van der Waals surface area contributed by atoms with Crippen LogP contribution in [0, 0.1) is 0 Å². The van der Waals surface area contributed by atoms with Crippen LogP contribution in [0.4, 0.5) is 0 Å². The predicted molar refractivity (Wildman–Crippen MR) is 37.4 cm³/mol. The van der Waals surface area contributed by atoms with Crippen molar-refractivity contribution in [1.82, 2.24) is 5.43 Å². The topological polar surface area (TPSA) is 41.5 Å². The second-order valence-corrected chi connectivity index (χ2v) is 2.21. The van der Waals surface area contributed by atoms with Crippen molar-refractivity contribution >= 4 is 11.6 Å². The van der Waals surface area contributed by atoms with Crippen molar-refractivity contribution in [2.24, 2.45) is 5.10 Å². The molecule has 1 amide bonds. The molecule has 1 heterocycles. The first kappa shape index (κ1) is 5.41. The Kier molecular flexibility index (Phi) is 0.974. The predicted octanol–water partition coefficient (Wildman–Crippen LogP) is 0.359. The summed E-state index contributed by atoms with van der Waals surface area (Å²) in [5, 5.41) is 3.84. The van der Waals surface area contributed by atoms with Gasteiger partial charge < -0.3 is 0 Å². The summed E-state index contributed by atoms with van der Waals surface area (Å²) >= 11 is 0. The number of carbonyl (C=O) groups excluding carboxylic acids is 1. The van der Waals surface area contributed by atoms with Crippen molar-refractivity contribution in [3.8, 4) is 0 Å². The first-order valence-electron chi connectivity index (χ1n) is 3.12. The van der Waals surface area contributed by atoms with E-state index in [4.69, 9.17) is 0 Å². The molecule has 0 atom stereocenters. The summed E-state index contributed by atoms with van der Waals surface area (Å²) < 4.78 is 0. The van der Waals surface area contributed by atoms with E-state index < -0.39 is 0 Å². The number of hydrogen-bond donors (Lipinski definition) is 1. The van der Waals surface area contributed by atoms with Crippen LogP contribution in [0.2, 0.25) is 0 Å². The van der Waals surface area contributed by atoms with Crippen molar-refractivity contribution in [2.75, 3.05) is 0 Å². The number of carbonyl (C=O) groups is 1. The van der Waals surface area contributed by atoms with Crippen LogP contribution in [0.3, 0.4) is 0 Å². The third-order valence-electron chi connectivity index (χ3n) is 1.56.